The number of nitrogens with one attached hydrogen (secondary N) is 2. The highest BCUT2D eigenvalue weighted by atomic mass is 32.2. The van der Waals surface area contributed by atoms with E-state index in [9.17, 15) is 14.4 Å². The third-order valence-electron chi connectivity index (χ3n) is 3.99. The number of ketones is 1. The van der Waals surface area contributed by atoms with Gasteiger partial charge in [-0.25, -0.2) is 0 Å². The highest BCUT2D eigenvalue weighted by Crippen LogP contribution is 2.17. The largest absolute Gasteiger partial charge is 0.379 e. The van der Waals surface area contributed by atoms with Crippen LogP contribution < -0.4 is 10.6 Å². The lowest BCUT2D eigenvalue weighted by Crippen LogP contribution is -2.39. The zero-order chi connectivity index (χ0) is 22.9. The average Bonchev–Trinajstić information content (AvgIpc) is 2.65. The third kappa shape index (κ3) is 16.7. The number of Topliss-reactive ketones (excluding diaryl/α,β-unsaturated/α-hetero) is 1. The van der Waals surface area contributed by atoms with E-state index in [1.54, 1.807) is 0 Å². The molecule has 0 bridgehead atoms. The summed E-state index contributed by atoms with van der Waals surface area (Å²) in [5.41, 5.74) is 0. The number of amides is 2. The first kappa shape index (κ1) is 28.9. The lowest BCUT2D eigenvalue weighted by atomic mass is 10.1. The predicted octanol–water partition coefficient (Wildman–Crippen LogP) is 3.16. The van der Waals surface area contributed by atoms with Gasteiger partial charge in [0.05, 0.1) is 18.5 Å². The van der Waals surface area contributed by atoms with Gasteiger partial charge in [-0.05, 0) is 11.8 Å². The summed E-state index contributed by atoms with van der Waals surface area (Å²) in [6, 6.07) is 0. The Morgan fingerprint density at radius 3 is 1.90 bits per heavy atom. The van der Waals surface area contributed by atoms with Crippen LogP contribution in [0.2, 0.25) is 0 Å². The highest BCUT2D eigenvalue weighted by Gasteiger charge is 2.22. The van der Waals surface area contributed by atoms with Crippen LogP contribution in [-0.2, 0) is 23.9 Å². The maximum Gasteiger partial charge on any atom is 0.233 e. The Bertz CT molecular complexity index is 509. The monoisotopic (exact) mass is 450 g/mol. The second kappa shape index (κ2) is 17.5. The van der Waals surface area contributed by atoms with Gasteiger partial charge in [-0.15, -0.1) is 11.8 Å². The fourth-order valence-electron chi connectivity index (χ4n) is 2.32. The van der Waals surface area contributed by atoms with E-state index in [1.807, 2.05) is 13.8 Å². The summed E-state index contributed by atoms with van der Waals surface area (Å²) in [5, 5.41) is 5.10. The average molecular weight is 451 g/mol. The lowest BCUT2D eigenvalue weighted by Gasteiger charge is -2.17. The zero-order valence-corrected chi connectivity index (χ0v) is 20.4. The van der Waals surface area contributed by atoms with Gasteiger partial charge in [-0.3, -0.25) is 14.4 Å². The molecule has 180 valence electrons. The molecule has 0 aromatic heterocycles. The molecule has 1 atom stereocenters. The number of ether oxygens (including phenoxy) is 2. The maximum atomic E-state index is 12.6. The van der Waals surface area contributed by atoms with Crippen molar-refractivity contribution in [2.45, 2.75) is 59.6 Å². The van der Waals surface area contributed by atoms with Crippen LogP contribution in [-0.4, -0.2) is 68.1 Å². The Balaban J connectivity index is -0.00000420. The fraction of sp³-hybridized carbons (Fsp3) is 0.864. The molecule has 2 amide bonds. The Kier molecular flexibility index (Phi) is 16.9. The summed E-state index contributed by atoms with van der Waals surface area (Å²) in [6.07, 6.45) is 0.470. The van der Waals surface area contributed by atoms with Crippen molar-refractivity contribution >= 4 is 29.4 Å². The van der Waals surface area contributed by atoms with Crippen molar-refractivity contribution in [2.75, 3.05) is 45.3 Å². The molecule has 0 saturated carbocycles. The van der Waals surface area contributed by atoms with E-state index in [1.165, 1.54) is 11.8 Å². The van der Waals surface area contributed by atoms with Gasteiger partial charge in [0.1, 0.15) is 5.78 Å². The van der Waals surface area contributed by atoms with E-state index in [0.717, 1.165) is 0 Å². The predicted molar refractivity (Wildman–Crippen MR) is 127 cm³/mol. The number of hydrogen-bond acceptors (Lipinski definition) is 6. The van der Waals surface area contributed by atoms with Gasteiger partial charge >= 0.3 is 0 Å². The normalized spacial score (nSPS) is 12.4. The summed E-state index contributed by atoms with van der Waals surface area (Å²) >= 11 is 1.35. The molecular formula is C22H46N2O5S. The fourth-order valence-corrected chi connectivity index (χ4v) is 3.43. The topological polar surface area (TPSA) is 93.7 Å². The molecule has 0 aliphatic rings. The van der Waals surface area contributed by atoms with Crippen LogP contribution in [0.25, 0.3) is 0 Å². The molecule has 2 N–H and O–H groups in total. The first-order valence-corrected chi connectivity index (χ1v) is 12.0. The molecule has 0 spiro atoms. The van der Waals surface area contributed by atoms with Gasteiger partial charge in [-0.1, -0.05) is 41.5 Å². The van der Waals surface area contributed by atoms with Crippen molar-refractivity contribution in [2.24, 2.45) is 17.8 Å². The first-order valence-electron chi connectivity index (χ1n) is 11.0. The Morgan fingerprint density at radius 1 is 0.867 bits per heavy atom. The van der Waals surface area contributed by atoms with Gasteiger partial charge in [0.25, 0.3) is 0 Å². The number of thioether (sulfide) groups is 1. The van der Waals surface area contributed by atoms with E-state index >= 15 is 0 Å². The zero-order valence-electron chi connectivity index (χ0n) is 19.6. The minimum absolute atomic E-state index is 0. The van der Waals surface area contributed by atoms with Crippen molar-refractivity contribution in [1.82, 2.24) is 10.6 Å². The molecule has 0 aliphatic heterocycles. The Hall–Kier alpha value is -1.12. The van der Waals surface area contributed by atoms with Crippen molar-refractivity contribution in [3.8, 4) is 0 Å². The Morgan fingerprint density at radius 2 is 1.40 bits per heavy atom. The van der Waals surface area contributed by atoms with Crippen LogP contribution in [0, 0.1) is 17.8 Å². The van der Waals surface area contributed by atoms with Crippen molar-refractivity contribution in [3.63, 3.8) is 0 Å². The number of carbonyl (C=O) groups is 3. The van der Waals surface area contributed by atoms with E-state index < -0.39 is 5.25 Å². The summed E-state index contributed by atoms with van der Waals surface area (Å²) in [7, 11) is 0. The minimum Gasteiger partial charge on any atom is -0.379 e. The van der Waals surface area contributed by atoms with Gasteiger partial charge in [0, 0.05) is 53.7 Å². The van der Waals surface area contributed by atoms with Gasteiger partial charge in [0.2, 0.25) is 11.8 Å². The van der Waals surface area contributed by atoms with Crippen molar-refractivity contribution in [3.05, 3.63) is 0 Å². The number of hydrogen-bond donors (Lipinski definition) is 2. The number of carbonyl (C=O) groups excluding carboxylic acids is 3. The molecule has 0 aromatic rings. The summed E-state index contributed by atoms with van der Waals surface area (Å²) in [5.74, 6) is 1.15. The lowest BCUT2D eigenvalue weighted by molar-refractivity contribution is -0.126. The van der Waals surface area contributed by atoms with E-state index in [2.05, 4.69) is 38.3 Å². The highest BCUT2D eigenvalue weighted by molar-refractivity contribution is 8.00. The molecule has 8 heteroatoms. The molecule has 0 aromatic carbocycles. The SMILES string of the molecule is CC(C)COCCNC(=O)CC(SCCC(=O)C(C)C)C(=O)NCCOCC(C)C.[HH].[HH]. The van der Waals surface area contributed by atoms with Gasteiger partial charge in [0.15, 0.2) is 0 Å². The summed E-state index contributed by atoms with van der Waals surface area (Å²) in [4.78, 5) is 36.7. The third-order valence-corrected chi connectivity index (χ3v) is 5.21. The molecule has 0 rings (SSSR count). The van der Waals surface area contributed by atoms with Crippen LogP contribution in [0.15, 0.2) is 0 Å². The second-order valence-electron chi connectivity index (χ2n) is 8.51. The summed E-state index contributed by atoms with van der Waals surface area (Å²) < 4.78 is 10.9. The van der Waals surface area contributed by atoms with Crippen LogP contribution in [0.4, 0.5) is 0 Å². The Labute approximate surface area is 189 Å². The van der Waals surface area contributed by atoms with Crippen LogP contribution in [0.1, 0.15) is 57.2 Å². The molecule has 7 nitrogen and oxygen atoms in total. The van der Waals surface area contributed by atoms with E-state index in [-0.39, 0.29) is 32.8 Å². The van der Waals surface area contributed by atoms with Gasteiger partial charge in [-0.2, -0.15) is 0 Å². The van der Waals surface area contributed by atoms with E-state index in [0.29, 0.717) is 63.5 Å². The van der Waals surface area contributed by atoms with Crippen molar-refractivity contribution in [1.29, 1.82) is 0 Å². The standard InChI is InChI=1S/C22H42N2O5S.2H2/c1-16(2)14-28-10-8-23-21(26)13-20(30-12-7-19(25)18(5)6)22(27)24-9-11-29-15-17(3)4;;/h16-18,20H,7-15H2,1-6H3,(H,23,26)(H,24,27);2*1H. The smallest absolute Gasteiger partial charge is 0.233 e. The van der Waals surface area contributed by atoms with E-state index in [4.69, 9.17) is 9.47 Å². The minimum atomic E-state index is -0.536. The van der Waals surface area contributed by atoms with Crippen LogP contribution >= 0.6 is 11.8 Å². The second-order valence-corrected chi connectivity index (χ2v) is 9.82. The molecule has 1 unspecified atom stereocenters. The molecule has 30 heavy (non-hydrogen) atoms. The first-order chi connectivity index (χ1) is 14.1. The molecule has 0 fully saturated rings. The molecule has 0 saturated heterocycles. The van der Waals surface area contributed by atoms with Crippen LogP contribution in [0.3, 0.4) is 0 Å². The quantitative estimate of drug-likeness (QED) is 0.312. The van der Waals surface area contributed by atoms with Crippen LogP contribution in [0.5, 0.6) is 0 Å². The van der Waals surface area contributed by atoms with Crippen molar-refractivity contribution < 1.29 is 26.7 Å². The number of rotatable bonds is 18. The molecule has 0 aliphatic carbocycles. The molecule has 0 heterocycles. The summed E-state index contributed by atoms with van der Waals surface area (Å²) in [6.45, 7) is 15.0. The molecular weight excluding hydrogens is 404 g/mol. The van der Waals surface area contributed by atoms with Gasteiger partial charge < -0.3 is 20.1 Å². The molecule has 0 radical (unpaired) electrons. The maximum absolute atomic E-state index is 12.6.